The second kappa shape index (κ2) is 11.2. The topological polar surface area (TPSA) is 67.9 Å². The first kappa shape index (κ1) is 23.9. The molecule has 1 aliphatic rings. The minimum Gasteiger partial charge on any atom is -0.444 e. The Hall–Kier alpha value is -2.34. The summed E-state index contributed by atoms with van der Waals surface area (Å²) in [5.74, 6) is -0.102. The number of hydrogen-bond donors (Lipinski definition) is 1. The van der Waals surface area contributed by atoms with E-state index in [9.17, 15) is 9.59 Å². The number of alkyl carbamates (subject to hydrolysis) is 1. The molecule has 1 aromatic carbocycles. The lowest BCUT2D eigenvalue weighted by Crippen LogP contribution is -2.56. The van der Waals surface area contributed by atoms with Gasteiger partial charge in [-0.2, -0.15) is 0 Å². The lowest BCUT2D eigenvalue weighted by Gasteiger charge is -2.36. The van der Waals surface area contributed by atoms with Crippen LogP contribution in [0.3, 0.4) is 0 Å². The number of carbonyl (C=O) groups is 2. The van der Waals surface area contributed by atoms with Crippen LogP contribution in [0.2, 0.25) is 0 Å². The van der Waals surface area contributed by atoms with Crippen LogP contribution in [0.1, 0.15) is 53.0 Å². The Labute approximate surface area is 180 Å². The van der Waals surface area contributed by atoms with Crippen molar-refractivity contribution in [2.75, 3.05) is 13.2 Å². The van der Waals surface area contributed by atoms with Crippen molar-refractivity contribution in [2.45, 2.75) is 71.8 Å². The number of nitrogens with one attached hydrogen (secondary N) is 1. The fourth-order valence-electron chi connectivity index (χ4n) is 3.32. The molecule has 1 aliphatic heterocycles. The first-order valence-electron chi connectivity index (χ1n) is 10.8. The number of carbonyl (C=O) groups excluding carboxylic acids is 2. The van der Waals surface area contributed by atoms with E-state index in [-0.39, 0.29) is 17.9 Å². The van der Waals surface area contributed by atoms with Crippen molar-refractivity contribution in [2.24, 2.45) is 5.92 Å². The average molecular weight is 417 g/mol. The maximum Gasteiger partial charge on any atom is 0.408 e. The summed E-state index contributed by atoms with van der Waals surface area (Å²) in [6.45, 7) is 10.9. The van der Waals surface area contributed by atoms with Gasteiger partial charge in [-0.05, 0) is 38.7 Å². The van der Waals surface area contributed by atoms with Gasteiger partial charge < -0.3 is 19.7 Å². The van der Waals surface area contributed by atoms with Crippen LogP contribution in [0.4, 0.5) is 4.79 Å². The molecule has 30 heavy (non-hydrogen) atoms. The van der Waals surface area contributed by atoms with Crippen LogP contribution in [0.25, 0.3) is 0 Å². The lowest BCUT2D eigenvalue weighted by atomic mass is 9.96. The second-order valence-corrected chi connectivity index (χ2v) is 8.83. The molecule has 0 bridgehead atoms. The predicted molar refractivity (Wildman–Crippen MR) is 118 cm³/mol. The van der Waals surface area contributed by atoms with Crippen LogP contribution in [-0.4, -0.2) is 47.7 Å². The third-order valence-corrected chi connectivity index (χ3v) is 5.13. The number of amides is 2. The van der Waals surface area contributed by atoms with Gasteiger partial charge in [-0.1, -0.05) is 62.8 Å². The maximum absolute atomic E-state index is 13.4. The summed E-state index contributed by atoms with van der Waals surface area (Å²) in [5.41, 5.74) is 0.480. The minimum absolute atomic E-state index is 0.0122. The number of hydrogen-bond acceptors (Lipinski definition) is 4. The Morgan fingerprint density at radius 3 is 2.57 bits per heavy atom. The summed E-state index contributed by atoms with van der Waals surface area (Å²) in [5, 5.41) is 2.81. The molecule has 6 nitrogen and oxygen atoms in total. The van der Waals surface area contributed by atoms with E-state index in [1.54, 1.807) is 0 Å². The van der Waals surface area contributed by atoms with E-state index in [1.165, 1.54) is 0 Å². The molecular formula is C24H36N2O4. The summed E-state index contributed by atoms with van der Waals surface area (Å²) in [4.78, 5) is 27.6. The molecule has 3 atom stereocenters. The van der Waals surface area contributed by atoms with Gasteiger partial charge in [0.2, 0.25) is 5.91 Å². The minimum atomic E-state index is -0.632. The predicted octanol–water partition coefficient (Wildman–Crippen LogP) is 4.30. The molecule has 166 valence electrons. The normalized spacial score (nSPS) is 18.6. The van der Waals surface area contributed by atoms with Crippen molar-refractivity contribution in [3.8, 4) is 0 Å². The zero-order chi connectivity index (χ0) is 22.1. The van der Waals surface area contributed by atoms with E-state index in [4.69, 9.17) is 9.47 Å². The SMILES string of the molecule is CCC(C)[C@H](NC(=O)OC(C)(C)C)C(=O)N1CCC=C[C@@H]1COCc1ccccc1. The highest BCUT2D eigenvalue weighted by molar-refractivity contribution is 5.86. The van der Waals surface area contributed by atoms with Crippen LogP contribution >= 0.6 is 0 Å². The molecule has 0 spiro atoms. The van der Waals surface area contributed by atoms with E-state index < -0.39 is 17.7 Å². The van der Waals surface area contributed by atoms with Crippen LogP contribution in [0.5, 0.6) is 0 Å². The number of nitrogens with zero attached hydrogens (tertiary/aromatic N) is 1. The molecule has 0 saturated carbocycles. The van der Waals surface area contributed by atoms with Gasteiger partial charge >= 0.3 is 6.09 Å². The maximum atomic E-state index is 13.4. The van der Waals surface area contributed by atoms with Crippen molar-refractivity contribution >= 4 is 12.0 Å². The molecule has 0 saturated heterocycles. The van der Waals surface area contributed by atoms with Gasteiger partial charge in [0.1, 0.15) is 11.6 Å². The summed E-state index contributed by atoms with van der Waals surface area (Å²) in [6.07, 6.45) is 5.10. The molecule has 0 fully saturated rings. The molecule has 0 aromatic heterocycles. The van der Waals surface area contributed by atoms with Gasteiger partial charge in [-0.3, -0.25) is 4.79 Å². The number of ether oxygens (including phenoxy) is 2. The monoisotopic (exact) mass is 416 g/mol. The van der Waals surface area contributed by atoms with E-state index in [1.807, 2.05) is 75.9 Å². The van der Waals surface area contributed by atoms with E-state index >= 15 is 0 Å². The Kier molecular flexibility index (Phi) is 8.90. The second-order valence-electron chi connectivity index (χ2n) is 8.83. The third-order valence-electron chi connectivity index (χ3n) is 5.13. The van der Waals surface area contributed by atoms with Crippen molar-refractivity contribution in [3.63, 3.8) is 0 Å². The van der Waals surface area contributed by atoms with E-state index in [0.29, 0.717) is 19.8 Å². The number of benzene rings is 1. The summed E-state index contributed by atoms with van der Waals surface area (Å²) < 4.78 is 11.3. The zero-order valence-electron chi connectivity index (χ0n) is 18.9. The summed E-state index contributed by atoms with van der Waals surface area (Å²) in [6, 6.07) is 9.19. The van der Waals surface area contributed by atoms with Gasteiger partial charge in [-0.15, -0.1) is 0 Å². The molecule has 2 amide bonds. The molecule has 6 heteroatoms. The zero-order valence-corrected chi connectivity index (χ0v) is 18.9. The van der Waals surface area contributed by atoms with Crippen molar-refractivity contribution in [1.82, 2.24) is 10.2 Å². The lowest BCUT2D eigenvalue weighted by molar-refractivity contribution is -0.137. The molecule has 1 unspecified atom stereocenters. The fourth-order valence-corrected chi connectivity index (χ4v) is 3.32. The van der Waals surface area contributed by atoms with Gasteiger partial charge in [0, 0.05) is 6.54 Å². The molecule has 1 aromatic rings. The van der Waals surface area contributed by atoms with Crippen LogP contribution in [0, 0.1) is 5.92 Å². The molecule has 2 rings (SSSR count). The molecule has 1 heterocycles. The molecule has 0 aliphatic carbocycles. The van der Waals surface area contributed by atoms with Crippen LogP contribution in [0.15, 0.2) is 42.5 Å². The smallest absolute Gasteiger partial charge is 0.408 e. The Bertz CT molecular complexity index is 712. The van der Waals surface area contributed by atoms with Gasteiger partial charge in [-0.25, -0.2) is 4.79 Å². The van der Waals surface area contributed by atoms with Crippen molar-refractivity contribution in [3.05, 3.63) is 48.0 Å². The van der Waals surface area contributed by atoms with E-state index in [2.05, 4.69) is 11.4 Å². The molecule has 1 N–H and O–H groups in total. The van der Waals surface area contributed by atoms with Crippen molar-refractivity contribution in [1.29, 1.82) is 0 Å². The molecule has 0 radical (unpaired) electrons. The van der Waals surface area contributed by atoms with Crippen molar-refractivity contribution < 1.29 is 19.1 Å². The van der Waals surface area contributed by atoms with E-state index in [0.717, 1.165) is 18.4 Å². The summed E-state index contributed by atoms with van der Waals surface area (Å²) in [7, 11) is 0. The van der Waals surface area contributed by atoms with Gasteiger partial charge in [0.05, 0.1) is 19.3 Å². The van der Waals surface area contributed by atoms with Gasteiger partial charge in [0.15, 0.2) is 0 Å². The highest BCUT2D eigenvalue weighted by Crippen LogP contribution is 2.18. The van der Waals surface area contributed by atoms with Crippen LogP contribution in [-0.2, 0) is 20.9 Å². The quantitative estimate of drug-likeness (QED) is 0.642. The highest BCUT2D eigenvalue weighted by atomic mass is 16.6. The number of rotatable bonds is 8. The fraction of sp³-hybridized carbons (Fsp3) is 0.583. The summed E-state index contributed by atoms with van der Waals surface area (Å²) >= 11 is 0. The Morgan fingerprint density at radius 2 is 1.93 bits per heavy atom. The largest absolute Gasteiger partial charge is 0.444 e. The third kappa shape index (κ3) is 7.48. The Morgan fingerprint density at radius 1 is 1.23 bits per heavy atom. The Balaban J connectivity index is 2.04. The molecular weight excluding hydrogens is 380 g/mol. The highest BCUT2D eigenvalue weighted by Gasteiger charge is 2.34. The average Bonchev–Trinajstić information content (AvgIpc) is 2.71. The first-order valence-corrected chi connectivity index (χ1v) is 10.8. The van der Waals surface area contributed by atoms with Gasteiger partial charge in [0.25, 0.3) is 0 Å². The standard InChI is InChI=1S/C24H36N2O4/c1-6-18(2)21(25-23(28)30-24(3,4)5)22(27)26-15-11-10-14-20(26)17-29-16-19-12-8-7-9-13-19/h7-10,12-14,18,20-21H,6,11,15-17H2,1-5H3,(H,25,28)/t18?,20-,21+/m1/s1. The first-order chi connectivity index (χ1) is 14.2. The van der Waals surface area contributed by atoms with Crippen LogP contribution < -0.4 is 5.32 Å².